The lowest BCUT2D eigenvalue weighted by atomic mass is 9.99. The summed E-state index contributed by atoms with van der Waals surface area (Å²) in [5, 5.41) is 3.71. The lowest BCUT2D eigenvalue weighted by Gasteiger charge is -2.27. The molecule has 0 saturated carbocycles. The van der Waals surface area contributed by atoms with Crippen LogP contribution in [0.5, 0.6) is 0 Å². The average molecular weight is 412 g/mol. The second-order valence-electron chi connectivity index (χ2n) is 8.43. The number of hydrogen-bond donors (Lipinski definition) is 1. The highest BCUT2D eigenvalue weighted by atomic mass is 16.2. The number of aromatic nitrogens is 1. The van der Waals surface area contributed by atoms with Crippen molar-refractivity contribution in [2.45, 2.75) is 32.9 Å². The third-order valence-corrected chi connectivity index (χ3v) is 6.93. The van der Waals surface area contributed by atoms with Crippen molar-refractivity contribution < 1.29 is 9.59 Å². The largest absolute Gasteiger partial charge is 0.327 e. The fraction of sp³-hybridized carbons (Fsp3) is 0.280. The summed E-state index contributed by atoms with van der Waals surface area (Å²) >= 11 is 0. The Morgan fingerprint density at radius 3 is 2.58 bits per heavy atom. The molecule has 4 heterocycles. The van der Waals surface area contributed by atoms with E-state index in [1.165, 1.54) is 11.1 Å². The zero-order valence-corrected chi connectivity index (χ0v) is 17.7. The van der Waals surface area contributed by atoms with Crippen molar-refractivity contribution in [3.05, 3.63) is 71.0 Å². The highest BCUT2D eigenvalue weighted by Gasteiger charge is 2.45. The molecule has 2 amide bonds. The first-order valence-electron chi connectivity index (χ1n) is 10.9. The number of imide groups is 1. The lowest BCUT2D eigenvalue weighted by molar-refractivity contribution is -0.123. The van der Waals surface area contributed by atoms with Crippen LogP contribution in [0.1, 0.15) is 36.6 Å². The molecule has 3 aromatic rings. The third kappa shape index (κ3) is 2.42. The molecule has 3 aliphatic rings. The van der Waals surface area contributed by atoms with E-state index in [9.17, 15) is 9.59 Å². The first-order valence-corrected chi connectivity index (χ1v) is 10.9. The Labute approximate surface area is 180 Å². The summed E-state index contributed by atoms with van der Waals surface area (Å²) < 4.78 is 1.97. The number of anilines is 1. The second-order valence-corrected chi connectivity index (χ2v) is 8.43. The van der Waals surface area contributed by atoms with Gasteiger partial charge in [0.1, 0.15) is 11.4 Å². The molecule has 156 valence electrons. The van der Waals surface area contributed by atoms with E-state index in [0.29, 0.717) is 11.4 Å². The van der Waals surface area contributed by atoms with Gasteiger partial charge in [-0.2, -0.15) is 0 Å². The van der Waals surface area contributed by atoms with Crippen molar-refractivity contribution in [3.8, 4) is 0 Å². The van der Waals surface area contributed by atoms with Crippen LogP contribution in [-0.2, 0) is 22.6 Å². The molecule has 0 fully saturated rings. The molecule has 0 bridgehead atoms. The monoisotopic (exact) mass is 412 g/mol. The molecular weight excluding hydrogens is 388 g/mol. The molecule has 0 aliphatic carbocycles. The van der Waals surface area contributed by atoms with E-state index in [4.69, 9.17) is 0 Å². The van der Waals surface area contributed by atoms with Gasteiger partial charge < -0.3 is 9.47 Å². The van der Waals surface area contributed by atoms with Crippen molar-refractivity contribution >= 4 is 34.1 Å². The molecule has 1 N–H and O–H groups in total. The average Bonchev–Trinajstić information content (AvgIpc) is 3.39. The predicted molar refractivity (Wildman–Crippen MR) is 120 cm³/mol. The number of para-hydroxylation sites is 2. The van der Waals surface area contributed by atoms with E-state index in [1.807, 2.05) is 22.8 Å². The Bertz CT molecular complexity index is 1300. The molecule has 31 heavy (non-hydrogen) atoms. The Balaban J connectivity index is 1.66. The summed E-state index contributed by atoms with van der Waals surface area (Å²) in [6, 6.07) is 14.6. The Morgan fingerprint density at radius 1 is 1.00 bits per heavy atom. The smallest absolute Gasteiger partial charge is 0.277 e. The van der Waals surface area contributed by atoms with E-state index in [0.717, 1.165) is 48.2 Å². The van der Waals surface area contributed by atoms with E-state index in [-0.39, 0.29) is 17.9 Å². The van der Waals surface area contributed by atoms with Crippen LogP contribution in [0.4, 0.5) is 5.69 Å². The highest BCUT2D eigenvalue weighted by molar-refractivity contribution is 6.34. The fourth-order valence-corrected chi connectivity index (χ4v) is 5.43. The lowest BCUT2D eigenvalue weighted by Crippen LogP contribution is -2.31. The van der Waals surface area contributed by atoms with Crippen molar-refractivity contribution in [2.75, 3.05) is 18.0 Å². The van der Waals surface area contributed by atoms with Gasteiger partial charge in [0.25, 0.3) is 11.8 Å². The fourth-order valence-electron chi connectivity index (χ4n) is 5.43. The van der Waals surface area contributed by atoms with Gasteiger partial charge in [-0.3, -0.25) is 19.8 Å². The molecule has 3 aliphatic heterocycles. The molecule has 0 spiro atoms. The Morgan fingerprint density at radius 2 is 1.77 bits per heavy atom. The minimum absolute atomic E-state index is 0.0137. The number of benzene rings is 2. The first-order chi connectivity index (χ1) is 15.1. The van der Waals surface area contributed by atoms with Gasteiger partial charge in [-0.25, -0.2) is 0 Å². The summed E-state index contributed by atoms with van der Waals surface area (Å²) in [7, 11) is 0. The molecule has 0 saturated heterocycles. The number of rotatable bonds is 4. The molecule has 0 radical (unpaired) electrons. The topological polar surface area (TPSA) is 57.6 Å². The zero-order valence-electron chi connectivity index (χ0n) is 17.7. The molecule has 1 atom stereocenters. The molecule has 1 aromatic heterocycles. The number of carbonyl (C=O) groups excluding carboxylic acids is 2. The molecule has 1 unspecified atom stereocenters. The maximum Gasteiger partial charge on any atom is 0.277 e. The second kappa shape index (κ2) is 6.56. The van der Waals surface area contributed by atoms with Gasteiger partial charge in [0.15, 0.2) is 0 Å². The molecule has 6 nitrogen and oxygen atoms in total. The SMILES string of the molecule is CCN(CC)Cc1cn2c3c(cccc13)C1Cc3ccccc3N1C1=C2C(=O)NC1=O. The number of amides is 2. The normalized spacial score (nSPS) is 19.1. The van der Waals surface area contributed by atoms with Crippen LogP contribution in [0.25, 0.3) is 16.6 Å². The van der Waals surface area contributed by atoms with Crippen LogP contribution >= 0.6 is 0 Å². The van der Waals surface area contributed by atoms with E-state index >= 15 is 0 Å². The zero-order chi connectivity index (χ0) is 21.3. The highest BCUT2D eigenvalue weighted by Crippen LogP contribution is 2.49. The van der Waals surface area contributed by atoms with Crippen LogP contribution in [0.15, 0.2) is 54.4 Å². The number of hydrogen-bond acceptors (Lipinski definition) is 4. The van der Waals surface area contributed by atoms with Crippen molar-refractivity contribution in [1.29, 1.82) is 0 Å². The predicted octanol–water partition coefficient (Wildman–Crippen LogP) is 3.43. The van der Waals surface area contributed by atoms with Gasteiger partial charge in [0.05, 0.1) is 11.6 Å². The molecular formula is C25H24N4O2. The van der Waals surface area contributed by atoms with Gasteiger partial charge in [-0.05, 0) is 42.3 Å². The van der Waals surface area contributed by atoms with Gasteiger partial charge >= 0.3 is 0 Å². The first kappa shape index (κ1) is 18.4. The molecule has 2 aromatic carbocycles. The summed E-state index contributed by atoms with van der Waals surface area (Å²) in [4.78, 5) is 30.5. The van der Waals surface area contributed by atoms with E-state index in [2.05, 4.69) is 59.4 Å². The number of nitrogens with one attached hydrogen (secondary N) is 1. The van der Waals surface area contributed by atoms with Crippen LogP contribution < -0.4 is 10.2 Å². The van der Waals surface area contributed by atoms with Gasteiger partial charge in [-0.15, -0.1) is 0 Å². The van der Waals surface area contributed by atoms with E-state index in [1.54, 1.807) is 0 Å². The number of fused-ring (bicyclic) bond motifs is 6. The van der Waals surface area contributed by atoms with Crippen molar-refractivity contribution in [3.63, 3.8) is 0 Å². The number of nitrogens with zero attached hydrogens (tertiary/aromatic N) is 3. The van der Waals surface area contributed by atoms with Gasteiger partial charge in [0.2, 0.25) is 0 Å². The van der Waals surface area contributed by atoms with Crippen LogP contribution in [0, 0.1) is 0 Å². The van der Waals surface area contributed by atoms with Gasteiger partial charge in [0, 0.05) is 23.8 Å². The summed E-state index contributed by atoms with van der Waals surface area (Å²) in [5.41, 5.74) is 6.50. The van der Waals surface area contributed by atoms with E-state index < -0.39 is 0 Å². The summed E-state index contributed by atoms with van der Waals surface area (Å²) in [6.07, 6.45) is 2.87. The maximum absolute atomic E-state index is 13.0. The summed E-state index contributed by atoms with van der Waals surface area (Å²) in [6.45, 7) is 7.05. The minimum Gasteiger partial charge on any atom is -0.327 e. The minimum atomic E-state index is -0.328. The maximum atomic E-state index is 13.0. The Kier molecular flexibility index (Phi) is 3.89. The third-order valence-electron chi connectivity index (χ3n) is 6.93. The van der Waals surface area contributed by atoms with Gasteiger partial charge in [-0.1, -0.05) is 50.2 Å². The van der Waals surface area contributed by atoms with Crippen LogP contribution in [0.2, 0.25) is 0 Å². The van der Waals surface area contributed by atoms with Crippen molar-refractivity contribution in [2.24, 2.45) is 0 Å². The summed E-state index contributed by atoms with van der Waals surface area (Å²) in [5.74, 6) is -0.646. The Hall–Kier alpha value is -3.38. The van der Waals surface area contributed by atoms with Crippen molar-refractivity contribution in [1.82, 2.24) is 14.8 Å². The standard InChI is InChI=1S/C25H24N4O2/c1-3-27(4-2)13-16-14-28-21-17(16)9-7-10-18(21)20-12-15-8-5-6-11-19(15)29(20)23-22(28)24(30)26-25(23)31/h5-11,14,20H,3-4,12-13H2,1-2H3,(H,26,30,31). The van der Waals surface area contributed by atoms with Crippen LogP contribution in [-0.4, -0.2) is 34.4 Å². The van der Waals surface area contributed by atoms with Crippen LogP contribution in [0.3, 0.4) is 0 Å². The molecule has 6 rings (SSSR count). The number of carbonyl (C=O) groups is 2. The molecule has 6 heteroatoms. The quantitative estimate of drug-likeness (QED) is 0.667.